The Balaban J connectivity index is 1.79. The van der Waals surface area contributed by atoms with Gasteiger partial charge in [-0.05, 0) is 96.9 Å². The number of aryl methyl sites for hydroxylation is 1. The van der Waals surface area contributed by atoms with Crippen LogP contribution in [0, 0.1) is 11.3 Å². The minimum absolute atomic E-state index is 0.106. The fourth-order valence-electron chi connectivity index (χ4n) is 6.21. The summed E-state index contributed by atoms with van der Waals surface area (Å²) in [7, 11) is 1.68. The number of benzene rings is 2. The molecule has 2 N–H and O–H groups in total. The minimum atomic E-state index is -0.648. The van der Waals surface area contributed by atoms with Gasteiger partial charge in [-0.3, -0.25) is 4.79 Å². The summed E-state index contributed by atoms with van der Waals surface area (Å²) in [5, 5.41) is 13.7. The molecule has 1 fully saturated rings. The molecule has 3 atom stereocenters. The molecule has 0 heterocycles. The van der Waals surface area contributed by atoms with Crippen LogP contribution in [0.25, 0.3) is 0 Å². The molecule has 2 aliphatic rings. The average molecular weight is 422 g/mol. The molecule has 2 aromatic carbocycles. The molecule has 166 valence electrons. The zero-order valence-electron chi connectivity index (χ0n) is 19.4. The van der Waals surface area contributed by atoms with Gasteiger partial charge in [-0.25, -0.2) is 0 Å². The Bertz CT molecular complexity index is 981. The highest BCUT2D eigenvalue weighted by atomic mass is 16.5. The predicted octanol–water partition coefficient (Wildman–Crippen LogP) is 6.66. The van der Waals surface area contributed by atoms with Gasteiger partial charge in [-0.2, -0.15) is 0 Å². The fourth-order valence-corrected chi connectivity index (χ4v) is 6.21. The second kappa shape index (κ2) is 7.89. The van der Waals surface area contributed by atoms with Crippen molar-refractivity contribution < 1.29 is 14.6 Å². The number of hydrogen-bond donors (Lipinski definition) is 2. The zero-order valence-corrected chi connectivity index (χ0v) is 19.4. The molecule has 0 aromatic heterocycles. The van der Waals surface area contributed by atoms with Gasteiger partial charge < -0.3 is 15.2 Å². The van der Waals surface area contributed by atoms with E-state index in [-0.39, 0.29) is 11.3 Å². The Morgan fingerprint density at radius 2 is 1.87 bits per heavy atom. The van der Waals surface area contributed by atoms with E-state index in [2.05, 4.69) is 38.2 Å². The largest absolute Gasteiger partial charge is 0.497 e. The maximum absolute atomic E-state index is 12.3. The molecule has 1 saturated carbocycles. The molecule has 0 spiro atoms. The molecule has 31 heavy (non-hydrogen) atoms. The first-order chi connectivity index (χ1) is 14.7. The van der Waals surface area contributed by atoms with Crippen molar-refractivity contribution in [1.29, 1.82) is 0 Å². The maximum Gasteiger partial charge on any atom is 0.309 e. The number of aliphatic carboxylic acids is 1. The topological polar surface area (TPSA) is 58.6 Å². The standard InChI is InChI=1S/C27H35NO3/c1-17(2)21-15-18-7-12-24-26(3,13-6-14-27(24,4)25(29)30)22(18)16-23(21)28-19-8-10-20(31-5)11-9-19/h8-11,15-17,24,28H,6-7,12-14H2,1-5H3,(H,29,30)/t24?,26-,27-/m1/s1. The van der Waals surface area contributed by atoms with Crippen LogP contribution >= 0.6 is 0 Å². The van der Waals surface area contributed by atoms with E-state index in [0.29, 0.717) is 5.92 Å². The molecule has 0 aliphatic heterocycles. The van der Waals surface area contributed by atoms with E-state index >= 15 is 0 Å². The molecule has 4 heteroatoms. The second-order valence-corrected chi connectivity index (χ2v) is 10.2. The quantitative estimate of drug-likeness (QED) is 0.567. The lowest BCUT2D eigenvalue weighted by Crippen LogP contribution is -2.52. The average Bonchev–Trinajstić information content (AvgIpc) is 2.74. The van der Waals surface area contributed by atoms with Crippen LogP contribution in [0.2, 0.25) is 0 Å². The number of anilines is 2. The first-order valence-corrected chi connectivity index (χ1v) is 11.5. The van der Waals surface area contributed by atoms with E-state index in [1.165, 1.54) is 16.7 Å². The van der Waals surface area contributed by atoms with Crippen LogP contribution in [-0.2, 0) is 16.6 Å². The van der Waals surface area contributed by atoms with E-state index in [9.17, 15) is 9.90 Å². The first-order valence-electron chi connectivity index (χ1n) is 11.5. The van der Waals surface area contributed by atoms with Crippen molar-refractivity contribution in [2.75, 3.05) is 12.4 Å². The van der Waals surface area contributed by atoms with Crippen molar-refractivity contribution in [3.63, 3.8) is 0 Å². The van der Waals surface area contributed by atoms with Crippen LogP contribution in [0.1, 0.15) is 76.0 Å². The van der Waals surface area contributed by atoms with Crippen molar-refractivity contribution in [2.45, 2.75) is 71.1 Å². The third kappa shape index (κ3) is 3.60. The highest BCUT2D eigenvalue weighted by Crippen LogP contribution is 2.58. The number of hydrogen-bond acceptors (Lipinski definition) is 3. The third-order valence-electron chi connectivity index (χ3n) is 8.00. The smallest absolute Gasteiger partial charge is 0.309 e. The molecule has 4 rings (SSSR count). The number of carboxylic acid groups (broad SMARTS) is 1. The van der Waals surface area contributed by atoms with Gasteiger partial charge >= 0.3 is 5.97 Å². The van der Waals surface area contributed by atoms with Crippen LogP contribution < -0.4 is 10.1 Å². The molecule has 2 aliphatic carbocycles. The lowest BCUT2D eigenvalue weighted by molar-refractivity contribution is -0.157. The number of fused-ring (bicyclic) bond motifs is 3. The Kier molecular flexibility index (Phi) is 5.53. The van der Waals surface area contributed by atoms with Crippen molar-refractivity contribution >= 4 is 17.3 Å². The van der Waals surface area contributed by atoms with Crippen molar-refractivity contribution in [2.24, 2.45) is 11.3 Å². The minimum Gasteiger partial charge on any atom is -0.497 e. The Labute approximate surface area is 186 Å². The first kappa shape index (κ1) is 21.7. The molecule has 0 radical (unpaired) electrons. The molecule has 2 aromatic rings. The Morgan fingerprint density at radius 3 is 2.48 bits per heavy atom. The molecular weight excluding hydrogens is 386 g/mol. The van der Waals surface area contributed by atoms with Crippen LogP contribution in [0.4, 0.5) is 11.4 Å². The molecule has 0 amide bonds. The highest BCUT2D eigenvalue weighted by Gasteiger charge is 2.55. The van der Waals surface area contributed by atoms with E-state index in [4.69, 9.17) is 4.74 Å². The van der Waals surface area contributed by atoms with E-state index in [1.54, 1.807) is 7.11 Å². The summed E-state index contributed by atoms with van der Waals surface area (Å²) in [5.74, 6) is 0.762. The van der Waals surface area contributed by atoms with Crippen molar-refractivity contribution in [3.8, 4) is 5.75 Å². The third-order valence-corrected chi connectivity index (χ3v) is 8.00. The number of methoxy groups -OCH3 is 1. The Hall–Kier alpha value is -2.49. The number of carbonyl (C=O) groups is 1. The van der Waals surface area contributed by atoms with Crippen LogP contribution in [0.3, 0.4) is 0 Å². The Morgan fingerprint density at radius 1 is 1.16 bits per heavy atom. The van der Waals surface area contributed by atoms with Crippen LogP contribution in [0.15, 0.2) is 36.4 Å². The number of ether oxygens (including phenoxy) is 1. The van der Waals surface area contributed by atoms with Gasteiger partial charge in [0, 0.05) is 11.4 Å². The summed E-state index contributed by atoms with van der Waals surface area (Å²) >= 11 is 0. The van der Waals surface area contributed by atoms with Crippen molar-refractivity contribution in [1.82, 2.24) is 0 Å². The number of carboxylic acids is 1. The predicted molar refractivity (Wildman–Crippen MR) is 126 cm³/mol. The van der Waals surface area contributed by atoms with E-state index < -0.39 is 11.4 Å². The zero-order chi connectivity index (χ0) is 22.4. The summed E-state index contributed by atoms with van der Waals surface area (Å²) in [6.07, 6.45) is 4.70. The molecule has 0 saturated heterocycles. The molecule has 1 unspecified atom stereocenters. The van der Waals surface area contributed by atoms with Crippen molar-refractivity contribution in [3.05, 3.63) is 53.1 Å². The second-order valence-electron chi connectivity index (χ2n) is 10.2. The lowest BCUT2D eigenvalue weighted by Gasteiger charge is -2.53. The lowest BCUT2D eigenvalue weighted by atomic mass is 9.49. The van der Waals surface area contributed by atoms with Crippen LogP contribution in [0.5, 0.6) is 5.75 Å². The van der Waals surface area contributed by atoms with Gasteiger partial charge in [0.25, 0.3) is 0 Å². The maximum atomic E-state index is 12.3. The normalized spacial score (nSPS) is 27.4. The molecule has 4 nitrogen and oxygen atoms in total. The summed E-state index contributed by atoms with van der Waals surface area (Å²) in [6.45, 7) is 8.75. The van der Waals surface area contributed by atoms with Gasteiger partial charge in [0.05, 0.1) is 12.5 Å². The fraction of sp³-hybridized carbons (Fsp3) is 0.519. The summed E-state index contributed by atoms with van der Waals surface area (Å²) < 4.78 is 5.29. The van der Waals surface area contributed by atoms with E-state index in [1.807, 2.05) is 31.2 Å². The molecular formula is C27H35NO3. The monoisotopic (exact) mass is 421 g/mol. The SMILES string of the molecule is COc1ccc(Nc2cc3c(cc2C(C)C)CCC2[C@](C)(C(=O)O)CCC[C@]32C)cc1. The highest BCUT2D eigenvalue weighted by molar-refractivity contribution is 5.76. The van der Waals surface area contributed by atoms with Gasteiger partial charge in [-0.15, -0.1) is 0 Å². The number of rotatable bonds is 5. The van der Waals surface area contributed by atoms with Gasteiger partial charge in [0.2, 0.25) is 0 Å². The number of nitrogens with one attached hydrogen (secondary N) is 1. The summed E-state index contributed by atoms with van der Waals surface area (Å²) in [5.41, 5.74) is 5.46. The van der Waals surface area contributed by atoms with Crippen LogP contribution in [-0.4, -0.2) is 18.2 Å². The van der Waals surface area contributed by atoms with Gasteiger partial charge in [0.1, 0.15) is 5.75 Å². The summed E-state index contributed by atoms with van der Waals surface area (Å²) in [6, 6.07) is 12.7. The summed E-state index contributed by atoms with van der Waals surface area (Å²) in [4.78, 5) is 12.3. The molecule has 0 bridgehead atoms. The van der Waals surface area contributed by atoms with E-state index in [0.717, 1.165) is 49.2 Å². The van der Waals surface area contributed by atoms with Gasteiger partial charge in [-0.1, -0.05) is 33.3 Å². The van der Waals surface area contributed by atoms with Gasteiger partial charge in [0.15, 0.2) is 0 Å².